The summed E-state index contributed by atoms with van der Waals surface area (Å²) in [5, 5.41) is 14.5. The van der Waals surface area contributed by atoms with Crippen molar-refractivity contribution < 1.29 is 14.6 Å². The minimum Gasteiger partial charge on any atom is -0.507 e. The summed E-state index contributed by atoms with van der Waals surface area (Å²) in [5.74, 6) is 0.504. The Labute approximate surface area is 139 Å². The molecule has 122 valence electrons. The molecule has 24 heavy (non-hydrogen) atoms. The molecule has 0 unspecified atom stereocenters. The number of methoxy groups -OCH3 is 1. The van der Waals surface area contributed by atoms with Crippen LogP contribution in [0, 0.1) is 0 Å². The van der Waals surface area contributed by atoms with Crippen molar-refractivity contribution >= 4 is 23.0 Å². The fraction of sp³-hybridized carbons (Fsp3) is 0.111. The van der Waals surface area contributed by atoms with E-state index in [4.69, 9.17) is 4.74 Å². The Bertz CT molecular complexity index is 928. The average molecular weight is 323 g/mol. The van der Waals surface area contributed by atoms with E-state index in [1.165, 1.54) is 6.21 Å². The van der Waals surface area contributed by atoms with Crippen LogP contribution in [0.4, 0.5) is 0 Å². The van der Waals surface area contributed by atoms with Gasteiger partial charge in [-0.3, -0.25) is 4.79 Å². The van der Waals surface area contributed by atoms with Crippen LogP contribution in [-0.2, 0) is 7.05 Å². The molecule has 0 radical (unpaired) electrons. The molecule has 1 heterocycles. The Balaban J connectivity index is 1.81. The van der Waals surface area contributed by atoms with Crippen molar-refractivity contribution in [1.82, 2.24) is 9.99 Å². The van der Waals surface area contributed by atoms with Gasteiger partial charge in [-0.1, -0.05) is 12.1 Å². The van der Waals surface area contributed by atoms with Crippen LogP contribution in [-0.4, -0.2) is 28.9 Å². The summed E-state index contributed by atoms with van der Waals surface area (Å²) in [7, 11) is 3.42. The van der Waals surface area contributed by atoms with E-state index < -0.39 is 0 Å². The van der Waals surface area contributed by atoms with Crippen LogP contribution in [0.15, 0.2) is 53.6 Å². The van der Waals surface area contributed by atoms with Crippen molar-refractivity contribution in [1.29, 1.82) is 0 Å². The van der Waals surface area contributed by atoms with Crippen molar-refractivity contribution in [3.63, 3.8) is 0 Å². The number of carbonyl (C=O) groups is 1. The molecule has 0 spiro atoms. The van der Waals surface area contributed by atoms with Gasteiger partial charge in [0.25, 0.3) is 5.91 Å². The molecule has 0 saturated heterocycles. The lowest BCUT2D eigenvalue weighted by atomic mass is 10.2. The summed E-state index contributed by atoms with van der Waals surface area (Å²) in [5.41, 5.74) is 4.40. The molecular weight excluding hydrogens is 306 g/mol. The number of rotatable bonds is 4. The van der Waals surface area contributed by atoms with Crippen molar-refractivity contribution in [3.05, 3.63) is 59.8 Å². The highest BCUT2D eigenvalue weighted by Gasteiger charge is 2.13. The number of carbonyl (C=O) groups excluding carboxylic acids is 1. The monoisotopic (exact) mass is 323 g/mol. The van der Waals surface area contributed by atoms with E-state index in [1.54, 1.807) is 42.0 Å². The topological polar surface area (TPSA) is 75.8 Å². The summed E-state index contributed by atoms with van der Waals surface area (Å²) in [6.07, 6.45) is 1.40. The standard InChI is InChI=1S/C18H17N3O3/c1-21-15-8-7-14(24-2)9-13(15)10-16(21)18(23)20-19-11-12-5-3-4-6-17(12)22/h3-11,22H,1-2H3,(H,20,23)/b19-11+. The number of fused-ring (bicyclic) bond motifs is 1. The molecule has 1 amide bonds. The zero-order valence-electron chi connectivity index (χ0n) is 13.4. The third-order valence-corrected chi connectivity index (χ3v) is 3.79. The highest BCUT2D eigenvalue weighted by Crippen LogP contribution is 2.23. The lowest BCUT2D eigenvalue weighted by molar-refractivity contribution is 0.0947. The molecule has 0 atom stereocenters. The zero-order valence-corrected chi connectivity index (χ0v) is 13.4. The second-order valence-corrected chi connectivity index (χ2v) is 5.27. The fourth-order valence-electron chi connectivity index (χ4n) is 2.49. The summed E-state index contributed by atoms with van der Waals surface area (Å²) >= 11 is 0. The van der Waals surface area contributed by atoms with Crippen molar-refractivity contribution in [2.45, 2.75) is 0 Å². The first-order valence-electron chi connectivity index (χ1n) is 7.35. The van der Waals surface area contributed by atoms with Gasteiger partial charge >= 0.3 is 0 Å². The lowest BCUT2D eigenvalue weighted by Crippen LogP contribution is -2.20. The van der Waals surface area contributed by atoms with Crippen LogP contribution in [0.5, 0.6) is 11.5 Å². The number of phenols is 1. The number of hydrogen-bond donors (Lipinski definition) is 2. The minimum atomic E-state index is -0.334. The maximum atomic E-state index is 12.3. The van der Waals surface area contributed by atoms with Crippen molar-refractivity contribution in [3.8, 4) is 11.5 Å². The van der Waals surface area contributed by atoms with Crippen LogP contribution >= 0.6 is 0 Å². The molecule has 6 nitrogen and oxygen atoms in total. The number of amides is 1. The van der Waals surface area contributed by atoms with Gasteiger partial charge in [0.2, 0.25) is 0 Å². The third-order valence-electron chi connectivity index (χ3n) is 3.79. The Morgan fingerprint density at radius 2 is 2.04 bits per heavy atom. The van der Waals surface area contributed by atoms with Crippen LogP contribution in [0.25, 0.3) is 10.9 Å². The van der Waals surface area contributed by atoms with E-state index >= 15 is 0 Å². The summed E-state index contributed by atoms with van der Waals surface area (Å²) in [6.45, 7) is 0. The number of benzene rings is 2. The van der Waals surface area contributed by atoms with Crippen LogP contribution in [0.1, 0.15) is 16.1 Å². The summed E-state index contributed by atoms with van der Waals surface area (Å²) in [6, 6.07) is 14.2. The number of aromatic hydroxyl groups is 1. The van der Waals surface area contributed by atoms with E-state index in [9.17, 15) is 9.90 Å². The molecule has 0 aliphatic rings. The number of para-hydroxylation sites is 1. The maximum absolute atomic E-state index is 12.3. The SMILES string of the molecule is COc1ccc2c(c1)cc(C(=O)N/N=C/c1ccccc1O)n2C. The fourth-order valence-corrected chi connectivity index (χ4v) is 2.49. The van der Waals surface area contributed by atoms with E-state index in [0.717, 1.165) is 16.7 Å². The Kier molecular flexibility index (Phi) is 4.20. The first-order valence-corrected chi connectivity index (χ1v) is 7.35. The highest BCUT2D eigenvalue weighted by molar-refractivity contribution is 5.99. The van der Waals surface area contributed by atoms with Gasteiger partial charge < -0.3 is 14.4 Å². The Morgan fingerprint density at radius 1 is 1.25 bits per heavy atom. The van der Waals surface area contributed by atoms with Crippen LogP contribution < -0.4 is 10.2 Å². The molecule has 6 heteroatoms. The van der Waals surface area contributed by atoms with Crippen LogP contribution in [0.2, 0.25) is 0 Å². The van der Waals surface area contributed by atoms with Gasteiger partial charge in [0.1, 0.15) is 17.2 Å². The van der Waals surface area contributed by atoms with Crippen molar-refractivity contribution in [2.75, 3.05) is 7.11 Å². The van der Waals surface area contributed by atoms with Crippen LogP contribution in [0.3, 0.4) is 0 Å². The minimum absolute atomic E-state index is 0.104. The molecule has 1 aromatic heterocycles. The van der Waals surface area contributed by atoms with E-state index in [0.29, 0.717) is 11.3 Å². The molecule has 0 aliphatic heterocycles. The van der Waals surface area contributed by atoms with E-state index in [1.807, 2.05) is 25.2 Å². The van der Waals surface area contributed by atoms with Gasteiger partial charge in [-0.05, 0) is 36.4 Å². The molecular formula is C18H17N3O3. The average Bonchev–Trinajstić information content (AvgIpc) is 2.92. The van der Waals surface area contributed by atoms with Gasteiger partial charge in [-0.25, -0.2) is 5.43 Å². The third kappa shape index (κ3) is 2.94. The predicted molar refractivity (Wildman–Crippen MR) is 92.6 cm³/mol. The lowest BCUT2D eigenvalue weighted by Gasteiger charge is -2.03. The second kappa shape index (κ2) is 6.45. The Morgan fingerprint density at radius 3 is 2.79 bits per heavy atom. The molecule has 2 aromatic carbocycles. The molecule has 0 fully saturated rings. The summed E-state index contributed by atoms with van der Waals surface area (Å²) < 4.78 is 6.99. The molecule has 0 bridgehead atoms. The summed E-state index contributed by atoms with van der Waals surface area (Å²) in [4.78, 5) is 12.3. The molecule has 0 saturated carbocycles. The van der Waals surface area contributed by atoms with E-state index in [2.05, 4.69) is 10.5 Å². The van der Waals surface area contributed by atoms with Gasteiger partial charge in [-0.15, -0.1) is 0 Å². The normalized spacial score (nSPS) is 11.1. The number of aromatic nitrogens is 1. The smallest absolute Gasteiger partial charge is 0.287 e. The van der Waals surface area contributed by atoms with Gasteiger partial charge in [0.15, 0.2) is 0 Å². The molecule has 2 N–H and O–H groups in total. The van der Waals surface area contributed by atoms with Gasteiger partial charge in [-0.2, -0.15) is 5.10 Å². The quantitative estimate of drug-likeness (QED) is 0.572. The van der Waals surface area contributed by atoms with E-state index in [-0.39, 0.29) is 11.7 Å². The largest absolute Gasteiger partial charge is 0.507 e. The molecule has 3 aromatic rings. The Hall–Kier alpha value is -3.28. The number of nitrogens with one attached hydrogen (secondary N) is 1. The number of hydrogen-bond acceptors (Lipinski definition) is 4. The predicted octanol–water partition coefficient (Wildman–Crippen LogP) is 2.66. The number of hydrazone groups is 1. The number of ether oxygens (including phenoxy) is 1. The maximum Gasteiger partial charge on any atom is 0.287 e. The highest BCUT2D eigenvalue weighted by atomic mass is 16.5. The number of aryl methyl sites for hydroxylation is 1. The number of phenolic OH excluding ortho intramolecular Hbond substituents is 1. The first-order chi connectivity index (χ1) is 11.6. The van der Waals surface area contributed by atoms with Gasteiger partial charge in [0, 0.05) is 23.5 Å². The second-order valence-electron chi connectivity index (χ2n) is 5.27. The van der Waals surface area contributed by atoms with Gasteiger partial charge in [0.05, 0.1) is 13.3 Å². The first kappa shape index (κ1) is 15.6. The molecule has 3 rings (SSSR count). The molecule has 0 aliphatic carbocycles. The van der Waals surface area contributed by atoms with Crippen molar-refractivity contribution in [2.24, 2.45) is 12.1 Å². The zero-order chi connectivity index (χ0) is 17.1. The number of nitrogens with zero attached hydrogens (tertiary/aromatic N) is 2.